The zero-order valence-electron chi connectivity index (χ0n) is 7.17. The van der Waals surface area contributed by atoms with Crippen LogP contribution in [0.3, 0.4) is 0 Å². The zero-order chi connectivity index (χ0) is 9.54. The number of nitrogens with zero attached hydrogens (tertiary/aromatic N) is 3. The average molecular weight is 220 g/mol. The van der Waals surface area contributed by atoms with Crippen molar-refractivity contribution in [2.24, 2.45) is 0 Å². The fourth-order valence-electron chi connectivity index (χ4n) is 1.45. The lowest BCUT2D eigenvalue weighted by Gasteiger charge is -1.92. The lowest BCUT2D eigenvalue weighted by molar-refractivity contribution is 0.945. The number of hydrogen-bond acceptors (Lipinski definition) is 4. The maximum absolute atomic E-state index is 4.10. The minimum absolute atomic E-state index is 0.845. The van der Waals surface area contributed by atoms with Gasteiger partial charge in [-0.3, -0.25) is 4.40 Å². The molecule has 0 atom stereocenters. The summed E-state index contributed by atoms with van der Waals surface area (Å²) in [7, 11) is 0. The standard InChI is InChI=1S/C9H6N3S2/c1-13-8-10-11-9-12(8)6-4-2-3-5-7(6)14-9/h2-5H,1H2. The summed E-state index contributed by atoms with van der Waals surface area (Å²) in [4.78, 5) is 0.928. The van der Waals surface area contributed by atoms with E-state index in [2.05, 4.69) is 28.6 Å². The summed E-state index contributed by atoms with van der Waals surface area (Å²) in [5, 5.41) is 8.99. The Morgan fingerprint density at radius 2 is 2.14 bits per heavy atom. The average Bonchev–Trinajstić information content (AvgIpc) is 2.75. The van der Waals surface area contributed by atoms with Crippen LogP contribution in [0.5, 0.6) is 0 Å². The van der Waals surface area contributed by atoms with Gasteiger partial charge in [0, 0.05) is 6.26 Å². The molecular formula is C9H6N3S2. The third-order valence-electron chi connectivity index (χ3n) is 2.04. The van der Waals surface area contributed by atoms with E-state index in [4.69, 9.17) is 0 Å². The van der Waals surface area contributed by atoms with E-state index in [1.54, 1.807) is 11.3 Å². The molecule has 0 unspecified atom stereocenters. The van der Waals surface area contributed by atoms with Gasteiger partial charge in [-0.2, -0.15) is 0 Å². The van der Waals surface area contributed by atoms with Crippen molar-refractivity contribution in [1.29, 1.82) is 0 Å². The molecule has 0 fully saturated rings. The Bertz CT molecular complexity index is 596. The molecule has 0 aliphatic heterocycles. The number of hydrogen-bond donors (Lipinski definition) is 0. The van der Waals surface area contributed by atoms with Gasteiger partial charge in [0.2, 0.25) is 4.96 Å². The molecule has 69 valence electrons. The molecule has 2 heterocycles. The van der Waals surface area contributed by atoms with Crippen molar-refractivity contribution in [3.63, 3.8) is 0 Å². The lowest BCUT2D eigenvalue weighted by atomic mass is 10.3. The fraction of sp³-hybridized carbons (Fsp3) is 0. The number of benzene rings is 1. The molecule has 3 nitrogen and oxygen atoms in total. The van der Waals surface area contributed by atoms with Crippen molar-refractivity contribution < 1.29 is 0 Å². The van der Waals surface area contributed by atoms with Crippen LogP contribution in [0, 0.1) is 6.26 Å². The highest BCUT2D eigenvalue weighted by molar-refractivity contribution is 8.00. The Labute approximate surface area is 88.8 Å². The molecule has 2 aromatic heterocycles. The Balaban J connectivity index is 2.54. The topological polar surface area (TPSA) is 30.2 Å². The van der Waals surface area contributed by atoms with Crippen LogP contribution in [-0.2, 0) is 0 Å². The minimum atomic E-state index is 0.845. The summed E-state index contributed by atoms with van der Waals surface area (Å²) in [5.74, 6) is 0. The van der Waals surface area contributed by atoms with Crippen molar-refractivity contribution in [2.45, 2.75) is 5.16 Å². The van der Waals surface area contributed by atoms with Gasteiger partial charge in [-0.05, 0) is 12.1 Å². The van der Waals surface area contributed by atoms with Crippen molar-refractivity contribution in [3.8, 4) is 0 Å². The first-order chi connectivity index (χ1) is 6.90. The lowest BCUT2D eigenvalue weighted by Crippen LogP contribution is -1.82. The van der Waals surface area contributed by atoms with Gasteiger partial charge in [-0.15, -0.1) is 10.2 Å². The highest BCUT2D eigenvalue weighted by Crippen LogP contribution is 2.28. The molecular weight excluding hydrogens is 214 g/mol. The summed E-state index contributed by atoms with van der Waals surface area (Å²) < 4.78 is 3.27. The molecule has 1 radical (unpaired) electrons. The van der Waals surface area contributed by atoms with Gasteiger partial charge in [0.1, 0.15) is 0 Å². The molecule has 0 spiro atoms. The van der Waals surface area contributed by atoms with Crippen LogP contribution in [0.15, 0.2) is 29.4 Å². The monoisotopic (exact) mass is 220 g/mol. The summed E-state index contributed by atoms with van der Waals surface area (Å²) in [6, 6.07) is 8.21. The van der Waals surface area contributed by atoms with Gasteiger partial charge in [-0.1, -0.05) is 35.2 Å². The van der Waals surface area contributed by atoms with Crippen LogP contribution < -0.4 is 0 Å². The van der Waals surface area contributed by atoms with Gasteiger partial charge >= 0.3 is 0 Å². The van der Waals surface area contributed by atoms with E-state index in [-0.39, 0.29) is 0 Å². The predicted octanol–water partition coefficient (Wildman–Crippen LogP) is 2.83. The number of aromatic nitrogens is 3. The van der Waals surface area contributed by atoms with Crippen molar-refractivity contribution in [2.75, 3.05) is 0 Å². The first-order valence-electron chi connectivity index (χ1n) is 4.05. The normalized spacial score (nSPS) is 11.5. The van der Waals surface area contributed by atoms with Crippen molar-refractivity contribution in [1.82, 2.24) is 14.6 Å². The first-order valence-corrected chi connectivity index (χ1v) is 5.85. The summed E-state index contributed by atoms with van der Waals surface area (Å²) >= 11 is 3.02. The van der Waals surface area contributed by atoms with Crippen LogP contribution in [0.1, 0.15) is 0 Å². The van der Waals surface area contributed by atoms with E-state index < -0.39 is 0 Å². The quantitative estimate of drug-likeness (QED) is 0.591. The first kappa shape index (κ1) is 8.26. The molecule has 0 saturated heterocycles. The third-order valence-corrected chi connectivity index (χ3v) is 3.57. The molecule has 5 heteroatoms. The number of thioether (sulfide) groups is 1. The molecule has 3 aromatic rings. The predicted molar refractivity (Wildman–Crippen MR) is 59.6 cm³/mol. The highest BCUT2D eigenvalue weighted by atomic mass is 32.2. The van der Waals surface area contributed by atoms with Crippen molar-refractivity contribution in [3.05, 3.63) is 30.5 Å². The molecule has 0 N–H and O–H groups in total. The van der Waals surface area contributed by atoms with Crippen LogP contribution in [0.2, 0.25) is 0 Å². The fourth-order valence-corrected chi connectivity index (χ4v) is 2.88. The van der Waals surface area contributed by atoms with Crippen LogP contribution in [0.25, 0.3) is 15.2 Å². The second-order valence-corrected chi connectivity index (χ2v) is 4.48. The van der Waals surface area contributed by atoms with Crippen LogP contribution >= 0.6 is 23.1 Å². The van der Waals surface area contributed by atoms with Crippen molar-refractivity contribution >= 4 is 38.3 Å². The molecule has 0 aliphatic rings. The summed E-state index contributed by atoms with van der Waals surface area (Å²) in [5.41, 5.74) is 1.16. The zero-order valence-corrected chi connectivity index (χ0v) is 8.81. The summed E-state index contributed by atoms with van der Waals surface area (Å²) in [6.45, 7) is 0. The Hall–Kier alpha value is -1.07. The Kier molecular flexibility index (Phi) is 1.75. The molecule has 0 aliphatic carbocycles. The SMILES string of the molecule is [CH2]Sc1nnc2sc3ccccc3n12. The number of rotatable bonds is 1. The Morgan fingerprint density at radius 1 is 1.29 bits per heavy atom. The van der Waals surface area contributed by atoms with Crippen LogP contribution in [-0.4, -0.2) is 14.6 Å². The Morgan fingerprint density at radius 3 is 3.00 bits per heavy atom. The molecule has 14 heavy (non-hydrogen) atoms. The maximum atomic E-state index is 4.10. The molecule has 0 amide bonds. The van der Waals surface area contributed by atoms with Gasteiger partial charge in [0.05, 0.1) is 10.2 Å². The maximum Gasteiger partial charge on any atom is 0.217 e. The van der Waals surface area contributed by atoms with E-state index in [9.17, 15) is 0 Å². The number of para-hydroxylation sites is 1. The van der Waals surface area contributed by atoms with Gasteiger partial charge in [0.15, 0.2) is 5.16 Å². The van der Waals surface area contributed by atoms with Gasteiger partial charge in [0.25, 0.3) is 0 Å². The van der Waals surface area contributed by atoms with Gasteiger partial charge in [-0.25, -0.2) is 0 Å². The third kappa shape index (κ3) is 0.994. The molecule has 0 saturated carbocycles. The second kappa shape index (κ2) is 2.96. The molecule has 0 bridgehead atoms. The van der Waals surface area contributed by atoms with Crippen LogP contribution in [0.4, 0.5) is 0 Å². The smallest absolute Gasteiger partial charge is 0.217 e. The largest absolute Gasteiger partial charge is 0.260 e. The molecule has 1 aromatic carbocycles. The summed E-state index contributed by atoms with van der Waals surface area (Å²) in [6.07, 6.45) is 3.76. The van der Waals surface area contributed by atoms with E-state index in [0.717, 1.165) is 15.6 Å². The van der Waals surface area contributed by atoms with E-state index >= 15 is 0 Å². The van der Waals surface area contributed by atoms with E-state index in [0.29, 0.717) is 0 Å². The number of thiazole rings is 1. The highest BCUT2D eigenvalue weighted by Gasteiger charge is 2.10. The van der Waals surface area contributed by atoms with E-state index in [1.165, 1.54) is 16.5 Å². The molecule has 3 rings (SSSR count). The van der Waals surface area contributed by atoms with E-state index in [1.807, 2.05) is 16.5 Å². The second-order valence-electron chi connectivity index (χ2n) is 2.81. The minimum Gasteiger partial charge on any atom is -0.260 e. The van der Waals surface area contributed by atoms with Gasteiger partial charge < -0.3 is 0 Å². The number of fused-ring (bicyclic) bond motifs is 3.